The molecular weight excluding hydrogens is 226 g/mol. The highest BCUT2D eigenvalue weighted by atomic mass is 35.7. The molecule has 14 heavy (non-hydrogen) atoms. The lowest BCUT2D eigenvalue weighted by Crippen LogP contribution is -2.53. The van der Waals surface area contributed by atoms with Crippen LogP contribution in [0.3, 0.4) is 0 Å². The molecule has 2 atom stereocenters. The Morgan fingerprint density at radius 2 is 2.00 bits per heavy atom. The molecule has 1 aliphatic carbocycles. The minimum atomic E-state index is -3.57. The van der Waals surface area contributed by atoms with Gasteiger partial charge in [-0.3, -0.25) is 0 Å². The van der Waals surface area contributed by atoms with Gasteiger partial charge in [0.25, 0.3) is 9.24 Å². The second kappa shape index (κ2) is 3.96. The van der Waals surface area contributed by atoms with E-state index in [9.17, 15) is 8.42 Å². The first-order valence-electron chi connectivity index (χ1n) is 4.92. The number of ether oxygens (including phenoxy) is 1. The van der Waals surface area contributed by atoms with Crippen molar-refractivity contribution < 1.29 is 13.2 Å². The third kappa shape index (κ3) is 2.05. The SMILES string of the molecule is O=S(=O)(Cl)N1CCOC2CCCCC21. The van der Waals surface area contributed by atoms with Crippen LogP contribution >= 0.6 is 10.7 Å². The van der Waals surface area contributed by atoms with Crippen molar-refractivity contribution in [3.63, 3.8) is 0 Å². The predicted molar refractivity (Wildman–Crippen MR) is 53.5 cm³/mol. The van der Waals surface area contributed by atoms with Gasteiger partial charge in [0.2, 0.25) is 0 Å². The molecule has 4 nitrogen and oxygen atoms in total. The van der Waals surface area contributed by atoms with E-state index in [0.717, 1.165) is 25.7 Å². The van der Waals surface area contributed by atoms with E-state index >= 15 is 0 Å². The lowest BCUT2D eigenvalue weighted by atomic mass is 9.91. The van der Waals surface area contributed by atoms with Gasteiger partial charge in [-0.2, -0.15) is 12.7 Å². The van der Waals surface area contributed by atoms with Crippen LogP contribution in [0, 0.1) is 0 Å². The molecule has 1 saturated heterocycles. The Bertz CT molecular complexity index is 304. The van der Waals surface area contributed by atoms with E-state index in [1.807, 2.05) is 0 Å². The van der Waals surface area contributed by atoms with Crippen molar-refractivity contribution >= 4 is 19.9 Å². The van der Waals surface area contributed by atoms with Gasteiger partial charge < -0.3 is 4.74 Å². The number of hydrogen-bond donors (Lipinski definition) is 0. The lowest BCUT2D eigenvalue weighted by Gasteiger charge is -2.41. The Kier molecular flexibility index (Phi) is 3.02. The number of nitrogens with zero attached hydrogens (tertiary/aromatic N) is 1. The van der Waals surface area contributed by atoms with Gasteiger partial charge in [-0.15, -0.1) is 0 Å². The molecule has 82 valence electrons. The second-order valence-corrected chi connectivity index (χ2v) is 6.28. The van der Waals surface area contributed by atoms with Crippen LogP contribution in [0.2, 0.25) is 0 Å². The molecule has 0 aromatic heterocycles. The maximum absolute atomic E-state index is 11.3. The van der Waals surface area contributed by atoms with Gasteiger partial charge in [0.15, 0.2) is 0 Å². The summed E-state index contributed by atoms with van der Waals surface area (Å²) in [6.45, 7) is 0.861. The molecule has 6 heteroatoms. The van der Waals surface area contributed by atoms with E-state index in [0.29, 0.717) is 13.2 Å². The number of rotatable bonds is 1. The molecule has 2 fully saturated rings. The highest BCUT2D eigenvalue weighted by Gasteiger charge is 2.39. The Balaban J connectivity index is 2.17. The summed E-state index contributed by atoms with van der Waals surface area (Å²) in [5, 5.41) is 0. The highest BCUT2D eigenvalue weighted by molar-refractivity contribution is 8.11. The molecule has 2 unspecified atom stereocenters. The van der Waals surface area contributed by atoms with Crippen LogP contribution in [-0.4, -0.2) is 38.0 Å². The zero-order chi connectivity index (χ0) is 10.2. The van der Waals surface area contributed by atoms with Crippen LogP contribution in [0.15, 0.2) is 0 Å². The van der Waals surface area contributed by atoms with Crippen LogP contribution < -0.4 is 0 Å². The average molecular weight is 240 g/mol. The van der Waals surface area contributed by atoms with Gasteiger partial charge in [-0.05, 0) is 12.8 Å². The molecule has 0 aromatic rings. The quantitative estimate of drug-likeness (QED) is 0.644. The van der Waals surface area contributed by atoms with E-state index in [1.165, 1.54) is 4.31 Å². The monoisotopic (exact) mass is 239 g/mol. The minimum absolute atomic E-state index is 0.0278. The molecule has 2 aliphatic rings. The molecule has 0 radical (unpaired) electrons. The molecular formula is C8H14ClNO3S. The first-order valence-corrected chi connectivity index (χ1v) is 7.19. The van der Waals surface area contributed by atoms with Crippen molar-refractivity contribution in [3.8, 4) is 0 Å². The van der Waals surface area contributed by atoms with Crippen molar-refractivity contribution in [1.82, 2.24) is 4.31 Å². The molecule has 2 rings (SSSR count). The van der Waals surface area contributed by atoms with Crippen LogP contribution in [-0.2, 0) is 14.0 Å². The maximum atomic E-state index is 11.3. The number of hydrogen-bond acceptors (Lipinski definition) is 3. The summed E-state index contributed by atoms with van der Waals surface area (Å²) < 4.78 is 29.5. The average Bonchev–Trinajstić information content (AvgIpc) is 2.15. The maximum Gasteiger partial charge on any atom is 0.300 e. The fourth-order valence-electron chi connectivity index (χ4n) is 2.33. The van der Waals surface area contributed by atoms with E-state index in [1.54, 1.807) is 0 Å². The van der Waals surface area contributed by atoms with Gasteiger partial charge in [-0.25, -0.2) is 0 Å². The van der Waals surface area contributed by atoms with Crippen molar-refractivity contribution in [2.45, 2.75) is 37.8 Å². The molecule has 0 spiro atoms. The normalized spacial score (nSPS) is 35.2. The summed E-state index contributed by atoms with van der Waals surface area (Å²) >= 11 is 0. The number of fused-ring (bicyclic) bond motifs is 1. The molecule has 0 bridgehead atoms. The topological polar surface area (TPSA) is 46.6 Å². The van der Waals surface area contributed by atoms with Gasteiger partial charge in [0.05, 0.1) is 18.8 Å². The molecule has 0 aromatic carbocycles. The third-order valence-electron chi connectivity index (χ3n) is 2.96. The fraction of sp³-hybridized carbons (Fsp3) is 1.00. The predicted octanol–water partition coefficient (Wildman–Crippen LogP) is 1.11. The summed E-state index contributed by atoms with van der Waals surface area (Å²) in [5.74, 6) is 0. The summed E-state index contributed by atoms with van der Waals surface area (Å²) in [6.07, 6.45) is 4.07. The standard InChI is InChI=1S/C8H14ClNO3S/c9-14(11,12)10-5-6-13-8-4-2-1-3-7(8)10/h7-8H,1-6H2. The van der Waals surface area contributed by atoms with E-state index < -0.39 is 9.24 Å². The van der Waals surface area contributed by atoms with Crippen LogP contribution in [0.1, 0.15) is 25.7 Å². The number of morpholine rings is 1. The smallest absolute Gasteiger partial charge is 0.300 e. The Morgan fingerprint density at radius 1 is 1.29 bits per heavy atom. The number of halogens is 1. The molecule has 0 amide bonds. The van der Waals surface area contributed by atoms with Crippen LogP contribution in [0.5, 0.6) is 0 Å². The molecule has 1 aliphatic heterocycles. The highest BCUT2D eigenvalue weighted by Crippen LogP contribution is 2.30. The Morgan fingerprint density at radius 3 is 2.71 bits per heavy atom. The zero-order valence-electron chi connectivity index (χ0n) is 7.86. The Hall–Kier alpha value is 0.160. The first-order chi connectivity index (χ1) is 6.59. The fourth-order valence-corrected chi connectivity index (χ4v) is 3.70. The first kappa shape index (κ1) is 10.7. The van der Waals surface area contributed by atoms with E-state index in [2.05, 4.69) is 0 Å². The molecule has 0 N–H and O–H groups in total. The van der Waals surface area contributed by atoms with Crippen LogP contribution in [0.4, 0.5) is 0 Å². The van der Waals surface area contributed by atoms with E-state index in [4.69, 9.17) is 15.4 Å². The summed E-state index contributed by atoms with van der Waals surface area (Å²) in [6, 6.07) is -0.0278. The third-order valence-corrected chi connectivity index (χ3v) is 4.51. The summed E-state index contributed by atoms with van der Waals surface area (Å²) in [5.41, 5.74) is 0. The van der Waals surface area contributed by atoms with Gasteiger partial charge in [0.1, 0.15) is 0 Å². The van der Waals surface area contributed by atoms with Crippen molar-refractivity contribution in [2.24, 2.45) is 0 Å². The lowest BCUT2D eigenvalue weighted by molar-refractivity contribution is -0.0578. The zero-order valence-corrected chi connectivity index (χ0v) is 9.43. The summed E-state index contributed by atoms with van der Waals surface area (Å²) in [7, 11) is 1.80. The largest absolute Gasteiger partial charge is 0.375 e. The van der Waals surface area contributed by atoms with Crippen LogP contribution in [0.25, 0.3) is 0 Å². The molecule has 1 saturated carbocycles. The van der Waals surface area contributed by atoms with Gasteiger partial charge in [0, 0.05) is 17.2 Å². The van der Waals surface area contributed by atoms with Crippen molar-refractivity contribution in [1.29, 1.82) is 0 Å². The Labute approximate surface area is 88.7 Å². The van der Waals surface area contributed by atoms with Gasteiger partial charge >= 0.3 is 0 Å². The van der Waals surface area contributed by atoms with Gasteiger partial charge in [-0.1, -0.05) is 12.8 Å². The van der Waals surface area contributed by atoms with E-state index in [-0.39, 0.29) is 12.1 Å². The summed E-state index contributed by atoms with van der Waals surface area (Å²) in [4.78, 5) is 0. The van der Waals surface area contributed by atoms with Crippen molar-refractivity contribution in [2.75, 3.05) is 13.2 Å². The minimum Gasteiger partial charge on any atom is -0.375 e. The second-order valence-electron chi connectivity index (χ2n) is 3.81. The molecule has 1 heterocycles. The van der Waals surface area contributed by atoms with Crippen molar-refractivity contribution in [3.05, 3.63) is 0 Å².